The molecule has 0 saturated heterocycles. The van der Waals surface area contributed by atoms with Crippen molar-refractivity contribution in [2.45, 2.75) is 19.3 Å². The Morgan fingerprint density at radius 2 is 1.34 bits per heavy atom. The van der Waals surface area contributed by atoms with Crippen LogP contribution in [0.15, 0.2) is 146 Å². The van der Waals surface area contributed by atoms with Gasteiger partial charge in [-0.1, -0.05) is 128 Å². The molecular weight excluding hydrogens is 757 g/mol. The van der Waals surface area contributed by atoms with E-state index in [1.165, 1.54) is 56.8 Å². The molecular formula is C42H31IrN2O2-. The molecule has 0 bridgehead atoms. The fraction of sp³-hybridized carbons (Fsp3) is 0.0714. The average molecular weight is 788 g/mol. The van der Waals surface area contributed by atoms with Crippen LogP contribution in [0, 0.1) is 6.07 Å². The summed E-state index contributed by atoms with van der Waals surface area (Å²) in [6, 6.07) is 51.5. The van der Waals surface area contributed by atoms with Crippen molar-refractivity contribution in [3.63, 3.8) is 0 Å². The number of aromatic nitrogens is 2. The van der Waals surface area contributed by atoms with Crippen LogP contribution in [0.5, 0.6) is 0 Å². The smallest absolute Gasteiger partial charge is 0.354 e. The molecule has 8 rings (SSSR count). The van der Waals surface area contributed by atoms with Gasteiger partial charge in [-0.3, -0.25) is 4.98 Å². The van der Waals surface area contributed by atoms with Gasteiger partial charge in [0, 0.05) is 31.7 Å². The van der Waals surface area contributed by atoms with Crippen LogP contribution < -0.4 is 0 Å². The van der Waals surface area contributed by atoms with Gasteiger partial charge in [-0.2, -0.15) is 0 Å². The molecule has 47 heavy (non-hydrogen) atoms. The third-order valence-electron chi connectivity index (χ3n) is 8.68. The number of carboxylic acids is 1. The summed E-state index contributed by atoms with van der Waals surface area (Å²) in [6.07, 6.45) is 1.45. The van der Waals surface area contributed by atoms with E-state index in [0.717, 1.165) is 22.2 Å². The molecule has 1 aliphatic rings. The zero-order valence-corrected chi connectivity index (χ0v) is 28.3. The summed E-state index contributed by atoms with van der Waals surface area (Å²) in [7, 11) is 0. The van der Waals surface area contributed by atoms with Crippen molar-refractivity contribution in [1.82, 2.24) is 9.97 Å². The fourth-order valence-corrected chi connectivity index (χ4v) is 6.31. The van der Waals surface area contributed by atoms with Crippen molar-refractivity contribution < 1.29 is 30.0 Å². The predicted octanol–water partition coefficient (Wildman–Crippen LogP) is 10.1. The van der Waals surface area contributed by atoms with Crippen molar-refractivity contribution in [1.29, 1.82) is 0 Å². The van der Waals surface area contributed by atoms with Gasteiger partial charge in [0.05, 0.1) is 5.52 Å². The van der Waals surface area contributed by atoms with Crippen molar-refractivity contribution in [3.05, 3.63) is 169 Å². The molecule has 1 N–H and O–H groups in total. The number of carboxylic acid groups (broad SMARTS) is 1. The minimum Gasteiger partial charge on any atom is -0.477 e. The third-order valence-corrected chi connectivity index (χ3v) is 8.68. The topological polar surface area (TPSA) is 63.1 Å². The van der Waals surface area contributed by atoms with E-state index < -0.39 is 5.97 Å². The van der Waals surface area contributed by atoms with E-state index in [9.17, 15) is 4.79 Å². The van der Waals surface area contributed by atoms with Crippen LogP contribution in [0.1, 0.15) is 35.5 Å². The minimum atomic E-state index is -0.990. The normalized spacial score (nSPS) is 12.2. The van der Waals surface area contributed by atoms with Gasteiger partial charge < -0.3 is 5.11 Å². The molecule has 0 unspecified atom stereocenters. The van der Waals surface area contributed by atoms with Gasteiger partial charge in [0.2, 0.25) is 0 Å². The summed E-state index contributed by atoms with van der Waals surface area (Å²) >= 11 is 0. The SMILES string of the molecule is CC1(C)c2ccccc2-c2c[c-]c(-c3cc(-c4ccccc4)c4cc(-c5ccccc5)ccc4n3)cc21.O=C(O)c1ccccn1.[Ir]. The first-order valence-electron chi connectivity index (χ1n) is 15.3. The monoisotopic (exact) mass is 788 g/mol. The Balaban J connectivity index is 0.000000337. The summed E-state index contributed by atoms with van der Waals surface area (Å²) < 4.78 is 0. The molecule has 2 heterocycles. The standard InChI is InChI=1S/C36H26N.C6H5NO2.Ir/c1-36(2)32-16-10-9-15-28(32)29-19-17-27(22-33(29)36)35-23-30(25-13-7-4-8-14-25)31-21-26(18-20-34(31)37-35)24-11-5-3-6-12-24;8-6(9)5-3-1-2-4-7-5;/h3-16,18-23H,1-2H3;1-4H,(H,8,9);/q-1;;. The van der Waals surface area contributed by atoms with Crippen molar-refractivity contribution in [2.75, 3.05) is 0 Å². The molecule has 0 spiro atoms. The molecule has 0 amide bonds. The maximum atomic E-state index is 10.1. The number of fused-ring (bicyclic) bond motifs is 4. The molecule has 5 aromatic carbocycles. The number of nitrogens with zero attached hydrogens (tertiary/aromatic N) is 2. The van der Waals surface area contributed by atoms with E-state index in [4.69, 9.17) is 10.1 Å². The Morgan fingerprint density at radius 1 is 0.660 bits per heavy atom. The molecule has 0 aliphatic heterocycles. The first kappa shape index (κ1) is 31.7. The largest absolute Gasteiger partial charge is 0.477 e. The van der Waals surface area contributed by atoms with Crippen LogP contribution in [0.3, 0.4) is 0 Å². The molecule has 5 heteroatoms. The third kappa shape index (κ3) is 6.16. The first-order chi connectivity index (χ1) is 22.4. The number of hydrogen-bond donors (Lipinski definition) is 1. The van der Waals surface area contributed by atoms with Crippen molar-refractivity contribution in [2.24, 2.45) is 0 Å². The maximum absolute atomic E-state index is 10.1. The molecule has 2 aromatic heterocycles. The van der Waals surface area contributed by atoms with Gasteiger partial charge in [-0.05, 0) is 63.2 Å². The molecule has 1 aliphatic carbocycles. The van der Waals surface area contributed by atoms with Gasteiger partial charge in [0.25, 0.3) is 0 Å². The van der Waals surface area contributed by atoms with E-state index in [-0.39, 0.29) is 31.2 Å². The number of hydrogen-bond acceptors (Lipinski definition) is 3. The average Bonchev–Trinajstić information content (AvgIpc) is 3.34. The number of benzene rings is 5. The second-order valence-corrected chi connectivity index (χ2v) is 11.9. The second-order valence-electron chi connectivity index (χ2n) is 11.9. The molecule has 231 valence electrons. The van der Waals surface area contributed by atoms with Crippen LogP contribution in [0.2, 0.25) is 0 Å². The number of rotatable bonds is 4. The Hall–Kier alpha value is -5.22. The molecule has 4 nitrogen and oxygen atoms in total. The Morgan fingerprint density at radius 3 is 2.02 bits per heavy atom. The number of aromatic carboxylic acids is 1. The summed E-state index contributed by atoms with van der Waals surface area (Å²) in [6.45, 7) is 4.63. The van der Waals surface area contributed by atoms with Crippen LogP contribution in [0.4, 0.5) is 0 Å². The summed E-state index contributed by atoms with van der Waals surface area (Å²) in [4.78, 5) is 18.9. The van der Waals surface area contributed by atoms with E-state index in [1.54, 1.807) is 12.1 Å². The van der Waals surface area contributed by atoms with Crippen LogP contribution in [-0.2, 0) is 25.5 Å². The van der Waals surface area contributed by atoms with Crippen LogP contribution in [-0.4, -0.2) is 21.0 Å². The summed E-state index contributed by atoms with van der Waals surface area (Å²) in [5, 5.41) is 9.48. The van der Waals surface area contributed by atoms with Gasteiger partial charge in [0.15, 0.2) is 0 Å². The predicted molar refractivity (Wildman–Crippen MR) is 186 cm³/mol. The Kier molecular flexibility index (Phi) is 8.95. The zero-order valence-electron chi connectivity index (χ0n) is 25.9. The van der Waals surface area contributed by atoms with E-state index in [1.807, 2.05) is 0 Å². The van der Waals surface area contributed by atoms with Crippen molar-refractivity contribution in [3.8, 4) is 44.6 Å². The van der Waals surface area contributed by atoms with Crippen molar-refractivity contribution >= 4 is 16.9 Å². The minimum absolute atomic E-state index is 0. The summed E-state index contributed by atoms with van der Waals surface area (Å²) in [5.74, 6) is -0.990. The number of pyridine rings is 2. The quantitative estimate of drug-likeness (QED) is 0.181. The maximum Gasteiger partial charge on any atom is 0.354 e. The zero-order chi connectivity index (χ0) is 31.7. The van der Waals surface area contributed by atoms with Crippen LogP contribution >= 0.6 is 0 Å². The van der Waals surface area contributed by atoms with Gasteiger partial charge in [-0.25, -0.2) is 9.78 Å². The molecule has 7 aromatic rings. The molecule has 0 saturated carbocycles. The first-order valence-corrected chi connectivity index (χ1v) is 15.3. The Labute approximate surface area is 288 Å². The van der Waals surface area contributed by atoms with Gasteiger partial charge >= 0.3 is 5.97 Å². The fourth-order valence-electron chi connectivity index (χ4n) is 6.31. The van der Waals surface area contributed by atoms with Gasteiger partial charge in [0.1, 0.15) is 5.69 Å². The Bertz CT molecular complexity index is 2200. The van der Waals surface area contributed by atoms with E-state index in [2.05, 4.69) is 146 Å². The van der Waals surface area contributed by atoms with Crippen LogP contribution in [0.25, 0.3) is 55.5 Å². The van der Waals surface area contributed by atoms with E-state index >= 15 is 0 Å². The number of carbonyl (C=O) groups is 1. The molecule has 0 fully saturated rings. The second kappa shape index (κ2) is 13.3. The van der Waals surface area contributed by atoms with E-state index in [0.29, 0.717) is 0 Å². The molecule has 1 radical (unpaired) electrons. The molecule has 0 atom stereocenters. The summed E-state index contributed by atoms with van der Waals surface area (Å²) in [5.41, 5.74) is 13.1. The van der Waals surface area contributed by atoms with Gasteiger partial charge in [-0.15, -0.1) is 29.3 Å².